The number of H-pyrrole nitrogens is 1. The minimum Gasteiger partial charge on any atom is -0.349 e. The summed E-state index contributed by atoms with van der Waals surface area (Å²) in [6, 6.07) is 5.76. The largest absolute Gasteiger partial charge is 0.349 e. The van der Waals surface area contributed by atoms with Crippen LogP contribution in [0.1, 0.15) is 35.1 Å². The Morgan fingerprint density at radius 1 is 1.32 bits per heavy atom. The number of nitrogens with zero attached hydrogens (tertiary/aromatic N) is 6. The summed E-state index contributed by atoms with van der Waals surface area (Å²) in [4.78, 5) is 14.8. The highest BCUT2D eigenvalue weighted by molar-refractivity contribution is 5.93. The highest BCUT2D eigenvalue weighted by Crippen LogP contribution is 2.26. The quantitative estimate of drug-likeness (QED) is 0.785. The smallest absolute Gasteiger partial charge is 0.271 e. The molecule has 8 heteroatoms. The van der Waals surface area contributed by atoms with E-state index in [0.29, 0.717) is 12.2 Å². The second-order valence-corrected chi connectivity index (χ2v) is 6.56. The van der Waals surface area contributed by atoms with Gasteiger partial charge in [0.15, 0.2) is 0 Å². The number of aryl methyl sites for hydroxylation is 2. The Morgan fingerprint density at radius 2 is 2.20 bits per heavy atom. The maximum Gasteiger partial charge on any atom is 0.271 e. The number of carbonyl (C=O) groups excluding carboxylic acids is 1. The van der Waals surface area contributed by atoms with Gasteiger partial charge in [-0.05, 0) is 31.0 Å². The molecule has 3 aromatic heterocycles. The van der Waals surface area contributed by atoms with Gasteiger partial charge < -0.3 is 14.0 Å². The molecule has 3 aromatic rings. The van der Waals surface area contributed by atoms with Crippen LogP contribution in [0.25, 0.3) is 11.4 Å². The monoisotopic (exact) mass is 339 g/mol. The van der Waals surface area contributed by atoms with Gasteiger partial charge in [0.05, 0.1) is 5.69 Å². The van der Waals surface area contributed by atoms with Crippen molar-refractivity contribution in [2.45, 2.75) is 18.8 Å². The van der Waals surface area contributed by atoms with Crippen molar-refractivity contribution >= 4 is 5.91 Å². The van der Waals surface area contributed by atoms with Crippen LogP contribution in [0, 0.1) is 0 Å². The molecule has 0 radical (unpaired) electrons. The van der Waals surface area contributed by atoms with E-state index in [1.807, 2.05) is 52.5 Å². The van der Waals surface area contributed by atoms with Crippen molar-refractivity contribution in [1.82, 2.24) is 34.4 Å². The predicted octanol–water partition coefficient (Wildman–Crippen LogP) is 1.56. The Balaban J connectivity index is 1.52. The van der Waals surface area contributed by atoms with E-state index >= 15 is 0 Å². The summed E-state index contributed by atoms with van der Waals surface area (Å²) < 4.78 is 3.91. The first kappa shape index (κ1) is 15.6. The molecule has 1 unspecified atom stereocenters. The van der Waals surface area contributed by atoms with Crippen molar-refractivity contribution in [3.05, 3.63) is 42.2 Å². The molecule has 25 heavy (non-hydrogen) atoms. The fraction of sp³-hybridized carbons (Fsp3) is 0.412. The fourth-order valence-corrected chi connectivity index (χ4v) is 3.49. The van der Waals surface area contributed by atoms with E-state index in [9.17, 15) is 4.79 Å². The van der Waals surface area contributed by atoms with Crippen molar-refractivity contribution in [1.29, 1.82) is 0 Å². The molecule has 1 fully saturated rings. The average molecular weight is 339 g/mol. The molecule has 1 aliphatic heterocycles. The number of piperidine rings is 1. The van der Waals surface area contributed by atoms with Gasteiger partial charge in [0, 0.05) is 39.3 Å². The third-order valence-electron chi connectivity index (χ3n) is 4.83. The van der Waals surface area contributed by atoms with Crippen molar-refractivity contribution in [3.8, 4) is 11.4 Å². The number of hydrogen-bond acceptors (Lipinski definition) is 4. The molecular formula is C17H21N7O. The lowest BCUT2D eigenvalue weighted by Gasteiger charge is -2.31. The van der Waals surface area contributed by atoms with Gasteiger partial charge in [-0.3, -0.25) is 9.89 Å². The zero-order valence-electron chi connectivity index (χ0n) is 14.4. The van der Waals surface area contributed by atoms with Crippen molar-refractivity contribution in [3.63, 3.8) is 0 Å². The van der Waals surface area contributed by atoms with Gasteiger partial charge in [-0.25, -0.2) is 0 Å². The second kappa shape index (κ2) is 6.19. The highest BCUT2D eigenvalue weighted by atomic mass is 16.2. The molecular weight excluding hydrogens is 318 g/mol. The Kier molecular flexibility index (Phi) is 3.87. The lowest BCUT2D eigenvalue weighted by molar-refractivity contribution is 0.0697. The number of nitrogens with one attached hydrogen (secondary N) is 1. The molecule has 130 valence electrons. The molecule has 1 atom stereocenters. The summed E-state index contributed by atoms with van der Waals surface area (Å²) in [7, 11) is 3.90. The molecule has 0 bridgehead atoms. The molecule has 1 aliphatic rings. The van der Waals surface area contributed by atoms with Gasteiger partial charge in [0.25, 0.3) is 5.91 Å². The minimum atomic E-state index is -0.0140. The Hall–Kier alpha value is -2.90. The molecule has 4 rings (SSSR count). The van der Waals surface area contributed by atoms with Gasteiger partial charge in [-0.2, -0.15) is 5.10 Å². The maximum atomic E-state index is 12.9. The summed E-state index contributed by atoms with van der Waals surface area (Å²) >= 11 is 0. The number of aromatic amines is 1. The van der Waals surface area contributed by atoms with E-state index in [4.69, 9.17) is 0 Å². The fourth-order valence-electron chi connectivity index (χ4n) is 3.49. The zero-order chi connectivity index (χ0) is 17.4. The van der Waals surface area contributed by atoms with Crippen LogP contribution in [0.5, 0.6) is 0 Å². The second-order valence-electron chi connectivity index (χ2n) is 6.56. The molecule has 1 N–H and O–H groups in total. The lowest BCUT2D eigenvalue weighted by Crippen LogP contribution is -2.39. The first-order chi connectivity index (χ1) is 12.1. The number of aromatic nitrogens is 6. The van der Waals surface area contributed by atoms with E-state index in [1.54, 1.807) is 6.33 Å². The van der Waals surface area contributed by atoms with Crippen LogP contribution in [0.15, 0.2) is 30.7 Å². The third kappa shape index (κ3) is 2.84. The van der Waals surface area contributed by atoms with E-state index in [2.05, 4.69) is 20.4 Å². The lowest BCUT2D eigenvalue weighted by atomic mass is 9.97. The van der Waals surface area contributed by atoms with Crippen LogP contribution in [0.3, 0.4) is 0 Å². The van der Waals surface area contributed by atoms with Gasteiger partial charge in [-0.1, -0.05) is 0 Å². The van der Waals surface area contributed by atoms with Crippen molar-refractivity contribution in [2.75, 3.05) is 13.1 Å². The molecule has 8 nitrogen and oxygen atoms in total. The van der Waals surface area contributed by atoms with Gasteiger partial charge in [0.1, 0.15) is 23.5 Å². The van der Waals surface area contributed by atoms with E-state index in [0.717, 1.165) is 36.6 Å². The van der Waals surface area contributed by atoms with Crippen LogP contribution in [0.4, 0.5) is 0 Å². The number of carbonyl (C=O) groups is 1. The summed E-state index contributed by atoms with van der Waals surface area (Å²) in [5, 5.41) is 15.4. The Morgan fingerprint density at radius 3 is 2.92 bits per heavy atom. The SMILES string of the molecule is Cn1cccc1-c1cc(C(=O)N2CCCC(c3nncn3C)C2)[nH]n1. The molecule has 1 amide bonds. The Labute approximate surface area is 145 Å². The van der Waals surface area contributed by atoms with E-state index in [1.165, 1.54) is 0 Å². The molecule has 0 spiro atoms. The third-order valence-corrected chi connectivity index (χ3v) is 4.83. The average Bonchev–Trinajstić information content (AvgIpc) is 3.35. The first-order valence-electron chi connectivity index (χ1n) is 8.44. The number of amides is 1. The summed E-state index contributed by atoms with van der Waals surface area (Å²) in [5.41, 5.74) is 2.28. The molecule has 1 saturated heterocycles. The molecule has 0 aromatic carbocycles. The maximum absolute atomic E-state index is 12.9. The first-order valence-corrected chi connectivity index (χ1v) is 8.44. The van der Waals surface area contributed by atoms with Crippen LogP contribution < -0.4 is 0 Å². The van der Waals surface area contributed by atoms with Crippen LogP contribution in [-0.4, -0.2) is 53.4 Å². The summed E-state index contributed by atoms with van der Waals surface area (Å²) in [5.74, 6) is 1.15. The number of hydrogen-bond donors (Lipinski definition) is 1. The van der Waals surface area contributed by atoms with Crippen LogP contribution >= 0.6 is 0 Å². The standard InChI is InChI=1S/C17H21N7O/c1-22-7-4-6-15(22)13-9-14(20-19-13)17(25)24-8-3-5-12(10-24)16-21-18-11-23(16)2/h4,6-7,9,11-12H,3,5,8,10H2,1-2H3,(H,19,20). The van der Waals surface area contributed by atoms with E-state index < -0.39 is 0 Å². The summed E-state index contributed by atoms with van der Waals surface area (Å²) in [6.45, 7) is 1.41. The Bertz CT molecular complexity index is 890. The molecule has 0 saturated carbocycles. The minimum absolute atomic E-state index is 0.0140. The normalized spacial score (nSPS) is 17.8. The zero-order valence-corrected chi connectivity index (χ0v) is 14.4. The number of rotatable bonds is 3. The molecule has 4 heterocycles. The van der Waals surface area contributed by atoms with Crippen LogP contribution in [0.2, 0.25) is 0 Å². The molecule has 0 aliphatic carbocycles. The summed E-state index contributed by atoms with van der Waals surface area (Å²) in [6.07, 6.45) is 5.65. The van der Waals surface area contributed by atoms with Crippen molar-refractivity contribution in [2.24, 2.45) is 14.1 Å². The predicted molar refractivity (Wildman–Crippen MR) is 91.9 cm³/mol. The van der Waals surface area contributed by atoms with Gasteiger partial charge in [-0.15, -0.1) is 10.2 Å². The highest BCUT2D eigenvalue weighted by Gasteiger charge is 2.29. The van der Waals surface area contributed by atoms with E-state index in [-0.39, 0.29) is 11.8 Å². The van der Waals surface area contributed by atoms with Crippen LogP contribution in [-0.2, 0) is 14.1 Å². The van der Waals surface area contributed by atoms with Gasteiger partial charge in [0.2, 0.25) is 0 Å². The van der Waals surface area contributed by atoms with Crippen molar-refractivity contribution < 1.29 is 4.79 Å². The van der Waals surface area contributed by atoms with Gasteiger partial charge >= 0.3 is 0 Å². The topological polar surface area (TPSA) is 84.6 Å². The number of likely N-dealkylation sites (tertiary alicyclic amines) is 1.